The largest absolute Gasteiger partial charge is 0.396 e. The highest BCUT2D eigenvalue weighted by Gasteiger charge is 2.49. The average Bonchev–Trinajstić information content (AvgIpc) is 2.72. The highest BCUT2D eigenvalue weighted by atomic mass is 16.3. The van der Waals surface area contributed by atoms with Crippen LogP contribution in [0.2, 0.25) is 0 Å². The van der Waals surface area contributed by atoms with Crippen LogP contribution in [0.15, 0.2) is 18.2 Å². The number of nitrogens with one attached hydrogen (secondary N) is 1. The molecule has 0 unspecified atom stereocenters. The Labute approximate surface area is 162 Å². The molecular weight excluding hydrogens is 338 g/mol. The number of amides is 1. The molecule has 3 heterocycles. The SMILES string of the molecule is CCCN1CC[C@@H]2N(C(=O)c3ccc4c(c3)CCCN4)CCC[C@@]2(CO)C1. The molecule has 5 heteroatoms. The molecule has 2 atom stereocenters. The van der Waals surface area contributed by atoms with Gasteiger partial charge < -0.3 is 20.2 Å². The molecule has 1 aromatic carbocycles. The molecule has 0 spiro atoms. The first-order valence-electron chi connectivity index (χ1n) is 10.7. The molecule has 0 saturated carbocycles. The predicted molar refractivity (Wildman–Crippen MR) is 108 cm³/mol. The van der Waals surface area contributed by atoms with Crippen molar-refractivity contribution in [3.05, 3.63) is 29.3 Å². The van der Waals surface area contributed by atoms with Crippen LogP contribution < -0.4 is 5.32 Å². The van der Waals surface area contributed by atoms with Gasteiger partial charge in [-0.1, -0.05) is 6.92 Å². The number of aliphatic hydroxyl groups excluding tert-OH is 1. The lowest BCUT2D eigenvalue weighted by molar-refractivity contribution is -0.0665. The second-order valence-corrected chi connectivity index (χ2v) is 8.61. The van der Waals surface area contributed by atoms with Gasteiger partial charge in [-0.2, -0.15) is 0 Å². The van der Waals surface area contributed by atoms with E-state index < -0.39 is 0 Å². The monoisotopic (exact) mass is 371 g/mol. The van der Waals surface area contributed by atoms with E-state index in [0.29, 0.717) is 0 Å². The van der Waals surface area contributed by atoms with Crippen LogP contribution in [0, 0.1) is 5.41 Å². The van der Waals surface area contributed by atoms with Crippen LogP contribution in [0.1, 0.15) is 54.9 Å². The van der Waals surface area contributed by atoms with E-state index in [0.717, 1.165) is 76.8 Å². The number of aliphatic hydroxyl groups is 1. The Morgan fingerprint density at radius 3 is 3.04 bits per heavy atom. The molecule has 2 N–H and O–H groups in total. The van der Waals surface area contributed by atoms with Gasteiger partial charge in [-0.15, -0.1) is 0 Å². The van der Waals surface area contributed by atoms with Gasteiger partial charge in [0, 0.05) is 48.9 Å². The zero-order chi connectivity index (χ0) is 18.9. The molecule has 0 aliphatic carbocycles. The van der Waals surface area contributed by atoms with Crippen LogP contribution in [0.4, 0.5) is 5.69 Å². The number of aryl methyl sites for hydroxylation is 1. The summed E-state index contributed by atoms with van der Waals surface area (Å²) < 4.78 is 0. The normalized spacial score (nSPS) is 28.2. The van der Waals surface area contributed by atoms with E-state index in [9.17, 15) is 9.90 Å². The van der Waals surface area contributed by atoms with E-state index in [1.54, 1.807) is 0 Å². The van der Waals surface area contributed by atoms with Crippen molar-refractivity contribution in [1.29, 1.82) is 0 Å². The summed E-state index contributed by atoms with van der Waals surface area (Å²) >= 11 is 0. The summed E-state index contributed by atoms with van der Waals surface area (Å²) in [5.41, 5.74) is 3.09. The number of likely N-dealkylation sites (tertiary alicyclic amines) is 2. The number of nitrogens with zero attached hydrogens (tertiary/aromatic N) is 2. The van der Waals surface area contributed by atoms with Crippen molar-refractivity contribution < 1.29 is 9.90 Å². The fourth-order valence-electron chi connectivity index (χ4n) is 5.49. The molecule has 0 radical (unpaired) electrons. The number of hydrogen-bond acceptors (Lipinski definition) is 4. The second kappa shape index (κ2) is 7.80. The molecule has 2 fully saturated rings. The highest BCUT2D eigenvalue weighted by Crippen LogP contribution is 2.42. The van der Waals surface area contributed by atoms with Gasteiger partial charge in [-0.3, -0.25) is 4.79 Å². The summed E-state index contributed by atoms with van der Waals surface area (Å²) in [5, 5.41) is 13.7. The average molecular weight is 372 g/mol. The lowest BCUT2D eigenvalue weighted by Crippen LogP contribution is -2.63. The van der Waals surface area contributed by atoms with Crippen LogP contribution in [0.25, 0.3) is 0 Å². The summed E-state index contributed by atoms with van der Waals surface area (Å²) in [5.74, 6) is 0.148. The highest BCUT2D eigenvalue weighted by molar-refractivity contribution is 5.95. The first-order valence-corrected chi connectivity index (χ1v) is 10.7. The third-order valence-electron chi connectivity index (χ3n) is 6.82. The quantitative estimate of drug-likeness (QED) is 0.855. The molecule has 3 aliphatic heterocycles. The van der Waals surface area contributed by atoms with Crippen LogP contribution >= 0.6 is 0 Å². The fourth-order valence-corrected chi connectivity index (χ4v) is 5.49. The van der Waals surface area contributed by atoms with Gasteiger partial charge in [0.1, 0.15) is 0 Å². The molecule has 5 nitrogen and oxygen atoms in total. The molecule has 1 aromatic rings. The van der Waals surface area contributed by atoms with Crippen molar-refractivity contribution in [2.75, 3.05) is 44.6 Å². The minimum Gasteiger partial charge on any atom is -0.396 e. The van der Waals surface area contributed by atoms with E-state index >= 15 is 0 Å². The second-order valence-electron chi connectivity index (χ2n) is 8.61. The molecule has 0 aromatic heterocycles. The van der Waals surface area contributed by atoms with Gasteiger partial charge in [-0.05, 0) is 68.8 Å². The standard InChI is InChI=1S/C22H33N3O2/c1-2-11-24-13-8-20-22(15-24,16-26)9-4-12-25(20)21(27)18-6-7-19-17(14-18)5-3-10-23-19/h6-7,14,20,23,26H,2-5,8-13,15-16H2,1H3/t20-,22-/m0/s1. The Bertz CT molecular complexity index is 692. The summed E-state index contributed by atoms with van der Waals surface area (Å²) in [4.78, 5) is 18.0. The number of fused-ring (bicyclic) bond motifs is 2. The molecule has 1 amide bonds. The molecule has 2 saturated heterocycles. The summed E-state index contributed by atoms with van der Waals surface area (Å²) in [6.07, 6.45) is 6.27. The number of benzene rings is 1. The van der Waals surface area contributed by atoms with Gasteiger partial charge >= 0.3 is 0 Å². The Kier molecular flexibility index (Phi) is 5.42. The summed E-state index contributed by atoms with van der Waals surface area (Å²) in [6, 6.07) is 6.28. The lowest BCUT2D eigenvalue weighted by atomic mass is 9.69. The Balaban J connectivity index is 1.57. The van der Waals surface area contributed by atoms with Gasteiger partial charge in [0.2, 0.25) is 0 Å². The molecule has 3 aliphatic rings. The van der Waals surface area contributed by atoms with Crippen LogP contribution in [0.3, 0.4) is 0 Å². The fraction of sp³-hybridized carbons (Fsp3) is 0.682. The zero-order valence-electron chi connectivity index (χ0n) is 16.5. The number of rotatable bonds is 4. The summed E-state index contributed by atoms with van der Waals surface area (Å²) in [6.45, 7) is 7.24. The van der Waals surface area contributed by atoms with Gasteiger partial charge in [0.05, 0.1) is 6.61 Å². The maximum Gasteiger partial charge on any atom is 0.254 e. The van der Waals surface area contributed by atoms with Crippen molar-refractivity contribution in [3.63, 3.8) is 0 Å². The minimum absolute atomic E-state index is 0.148. The van der Waals surface area contributed by atoms with Gasteiger partial charge in [0.15, 0.2) is 0 Å². The first-order chi connectivity index (χ1) is 13.2. The van der Waals surface area contributed by atoms with E-state index in [1.807, 2.05) is 6.07 Å². The van der Waals surface area contributed by atoms with Crippen LogP contribution in [-0.4, -0.2) is 66.2 Å². The minimum atomic E-state index is -0.156. The van der Waals surface area contributed by atoms with Crippen molar-refractivity contribution in [1.82, 2.24) is 9.80 Å². The molecular formula is C22H33N3O2. The lowest BCUT2D eigenvalue weighted by Gasteiger charge is -2.54. The maximum absolute atomic E-state index is 13.4. The topological polar surface area (TPSA) is 55.8 Å². The van der Waals surface area contributed by atoms with E-state index in [-0.39, 0.29) is 24.0 Å². The maximum atomic E-state index is 13.4. The van der Waals surface area contributed by atoms with Gasteiger partial charge in [0.25, 0.3) is 5.91 Å². The Morgan fingerprint density at radius 2 is 2.22 bits per heavy atom. The van der Waals surface area contributed by atoms with E-state index in [1.165, 1.54) is 11.3 Å². The predicted octanol–water partition coefficient (Wildman–Crippen LogP) is 2.74. The number of hydrogen-bond donors (Lipinski definition) is 2. The zero-order valence-corrected chi connectivity index (χ0v) is 16.5. The third-order valence-corrected chi connectivity index (χ3v) is 6.82. The molecule has 148 valence electrons. The molecule has 0 bridgehead atoms. The first kappa shape index (κ1) is 18.8. The summed E-state index contributed by atoms with van der Waals surface area (Å²) in [7, 11) is 0. The van der Waals surface area contributed by atoms with Crippen molar-refractivity contribution >= 4 is 11.6 Å². The van der Waals surface area contributed by atoms with E-state index in [4.69, 9.17) is 0 Å². The molecule has 4 rings (SSSR count). The Hall–Kier alpha value is -1.59. The number of anilines is 1. The van der Waals surface area contributed by atoms with Crippen molar-refractivity contribution in [2.24, 2.45) is 5.41 Å². The smallest absolute Gasteiger partial charge is 0.254 e. The Morgan fingerprint density at radius 1 is 1.33 bits per heavy atom. The van der Waals surface area contributed by atoms with Gasteiger partial charge in [-0.25, -0.2) is 0 Å². The van der Waals surface area contributed by atoms with Crippen molar-refractivity contribution in [2.45, 2.75) is 51.5 Å². The third kappa shape index (κ3) is 3.47. The number of piperidine rings is 2. The molecule has 27 heavy (non-hydrogen) atoms. The number of carbonyl (C=O) groups is 1. The van der Waals surface area contributed by atoms with Crippen molar-refractivity contribution in [3.8, 4) is 0 Å². The number of carbonyl (C=O) groups excluding carboxylic acids is 1. The van der Waals surface area contributed by atoms with Crippen LogP contribution in [0.5, 0.6) is 0 Å². The van der Waals surface area contributed by atoms with Crippen LogP contribution in [-0.2, 0) is 6.42 Å². The van der Waals surface area contributed by atoms with E-state index in [2.05, 4.69) is 34.2 Å².